The molecule has 1 aliphatic rings. The van der Waals surface area contributed by atoms with Crippen molar-refractivity contribution in [1.82, 2.24) is 0 Å². The quantitative estimate of drug-likeness (QED) is 0.479. The van der Waals surface area contributed by atoms with E-state index in [0.29, 0.717) is 5.03 Å². The molecule has 1 radical (unpaired) electrons. The Morgan fingerprint density at radius 3 is 2.38 bits per heavy atom. The zero-order valence-electron chi connectivity index (χ0n) is 4.77. The van der Waals surface area contributed by atoms with Gasteiger partial charge < -0.3 is 0 Å². The summed E-state index contributed by atoms with van der Waals surface area (Å²) in [7, 11) is 0. The van der Waals surface area contributed by atoms with Gasteiger partial charge in [0.05, 0.1) is 5.03 Å². The fraction of sp³-hybridized carbons (Fsp3) is 0.600. The first kappa shape index (κ1) is 5.76. The van der Waals surface area contributed by atoms with Crippen LogP contribution in [-0.4, -0.2) is 5.54 Å². The molecule has 2 nitrogen and oxygen atoms in total. The predicted molar refractivity (Wildman–Crippen MR) is 31.5 cm³/mol. The van der Waals surface area contributed by atoms with Gasteiger partial charge in [0.25, 0.3) is 0 Å². The SMILES string of the molecule is CC1(C)N=N[C]=C1Cl. The van der Waals surface area contributed by atoms with Crippen molar-refractivity contribution < 1.29 is 0 Å². The number of halogens is 1. The third-order valence-electron chi connectivity index (χ3n) is 0.985. The van der Waals surface area contributed by atoms with Crippen LogP contribution in [0.5, 0.6) is 0 Å². The van der Waals surface area contributed by atoms with E-state index in [2.05, 4.69) is 16.4 Å². The van der Waals surface area contributed by atoms with Crippen molar-refractivity contribution in [2.75, 3.05) is 0 Å². The van der Waals surface area contributed by atoms with Crippen LogP contribution in [0.3, 0.4) is 0 Å². The molecule has 0 N–H and O–H groups in total. The molecule has 0 amide bonds. The summed E-state index contributed by atoms with van der Waals surface area (Å²) in [6.07, 6.45) is 2.55. The molecule has 8 heavy (non-hydrogen) atoms. The Balaban J connectivity index is 2.87. The third-order valence-corrected chi connectivity index (χ3v) is 1.53. The topological polar surface area (TPSA) is 24.7 Å². The Morgan fingerprint density at radius 1 is 1.62 bits per heavy atom. The summed E-state index contributed by atoms with van der Waals surface area (Å²) in [6.45, 7) is 3.78. The molecule has 0 aromatic heterocycles. The van der Waals surface area contributed by atoms with E-state index in [1.54, 1.807) is 0 Å². The van der Waals surface area contributed by atoms with E-state index in [9.17, 15) is 0 Å². The van der Waals surface area contributed by atoms with Gasteiger partial charge in [-0.05, 0) is 13.8 Å². The summed E-state index contributed by atoms with van der Waals surface area (Å²) >= 11 is 5.62. The summed E-state index contributed by atoms with van der Waals surface area (Å²) in [6, 6.07) is 0. The monoisotopic (exact) mass is 129 g/mol. The lowest BCUT2D eigenvalue weighted by molar-refractivity contribution is 0.633. The maximum absolute atomic E-state index is 5.62. The largest absolute Gasteiger partial charge is 0.177 e. The Bertz CT molecular complexity index is 158. The molecule has 1 heterocycles. The highest BCUT2D eigenvalue weighted by Crippen LogP contribution is 2.28. The second-order valence-electron chi connectivity index (χ2n) is 2.18. The van der Waals surface area contributed by atoms with Crippen molar-refractivity contribution in [1.29, 1.82) is 0 Å². The third kappa shape index (κ3) is 0.757. The number of hydrogen-bond acceptors (Lipinski definition) is 2. The first-order valence-electron chi connectivity index (χ1n) is 2.34. The van der Waals surface area contributed by atoms with Crippen LogP contribution in [0.25, 0.3) is 0 Å². The van der Waals surface area contributed by atoms with E-state index in [4.69, 9.17) is 11.6 Å². The lowest BCUT2D eigenvalue weighted by atomic mass is 10.1. The van der Waals surface area contributed by atoms with Gasteiger partial charge in [-0.15, -0.1) is 0 Å². The zero-order valence-corrected chi connectivity index (χ0v) is 5.53. The van der Waals surface area contributed by atoms with Crippen LogP contribution in [0, 0.1) is 6.20 Å². The normalized spacial score (nSPS) is 23.6. The highest BCUT2D eigenvalue weighted by Gasteiger charge is 2.24. The van der Waals surface area contributed by atoms with Gasteiger partial charge in [0, 0.05) is 0 Å². The van der Waals surface area contributed by atoms with E-state index in [1.807, 2.05) is 13.8 Å². The standard InChI is InChI=1S/C5H6ClN2/c1-5(2)4(6)3-7-8-5/h1-2H3. The number of hydrogen-bond donors (Lipinski definition) is 0. The Kier molecular flexibility index (Phi) is 1.12. The van der Waals surface area contributed by atoms with E-state index >= 15 is 0 Å². The Labute approximate surface area is 53.3 Å². The first-order valence-corrected chi connectivity index (χ1v) is 2.71. The molecule has 43 valence electrons. The molecule has 0 atom stereocenters. The second kappa shape index (κ2) is 1.55. The van der Waals surface area contributed by atoms with Gasteiger partial charge in [-0.3, -0.25) is 0 Å². The number of nitrogens with zero attached hydrogens (tertiary/aromatic N) is 2. The molecule has 1 rings (SSSR count). The fourth-order valence-electron chi connectivity index (χ4n) is 0.375. The van der Waals surface area contributed by atoms with Crippen molar-refractivity contribution >= 4 is 11.6 Å². The fourth-order valence-corrected chi connectivity index (χ4v) is 0.450. The second-order valence-corrected chi connectivity index (χ2v) is 2.56. The van der Waals surface area contributed by atoms with Crippen LogP contribution < -0.4 is 0 Å². The lowest BCUT2D eigenvalue weighted by Crippen LogP contribution is -2.12. The van der Waals surface area contributed by atoms with E-state index < -0.39 is 0 Å². The summed E-state index contributed by atoms with van der Waals surface area (Å²) < 4.78 is 0. The molecule has 0 aromatic carbocycles. The van der Waals surface area contributed by atoms with Crippen LogP contribution in [0.2, 0.25) is 0 Å². The van der Waals surface area contributed by atoms with Gasteiger partial charge in [0.2, 0.25) is 0 Å². The maximum atomic E-state index is 5.62. The average Bonchev–Trinajstić information content (AvgIpc) is 1.86. The van der Waals surface area contributed by atoms with Gasteiger partial charge in [0.1, 0.15) is 11.7 Å². The molecule has 0 spiro atoms. The van der Waals surface area contributed by atoms with Crippen LogP contribution in [0.4, 0.5) is 0 Å². The molecule has 0 aliphatic carbocycles. The van der Waals surface area contributed by atoms with Crippen molar-refractivity contribution in [3.05, 3.63) is 11.2 Å². The van der Waals surface area contributed by atoms with Crippen molar-refractivity contribution in [2.45, 2.75) is 19.4 Å². The van der Waals surface area contributed by atoms with Crippen LogP contribution >= 0.6 is 11.6 Å². The van der Waals surface area contributed by atoms with E-state index in [-0.39, 0.29) is 5.54 Å². The highest BCUT2D eigenvalue weighted by atomic mass is 35.5. The van der Waals surface area contributed by atoms with Gasteiger partial charge in [-0.25, -0.2) is 0 Å². The summed E-state index contributed by atoms with van der Waals surface area (Å²) in [5.74, 6) is 0. The minimum absolute atomic E-state index is 0.318. The van der Waals surface area contributed by atoms with Gasteiger partial charge in [0.15, 0.2) is 0 Å². The van der Waals surface area contributed by atoms with Crippen molar-refractivity contribution in [2.24, 2.45) is 10.2 Å². The maximum Gasteiger partial charge on any atom is 0.131 e. The molecule has 1 aliphatic heterocycles. The molecular formula is C5H6ClN2. The minimum Gasteiger partial charge on any atom is -0.177 e. The zero-order chi connectivity index (χ0) is 6.20. The van der Waals surface area contributed by atoms with Crippen LogP contribution in [0.15, 0.2) is 15.3 Å². The average molecular weight is 130 g/mol. The van der Waals surface area contributed by atoms with E-state index in [0.717, 1.165) is 0 Å². The van der Waals surface area contributed by atoms with Gasteiger partial charge >= 0.3 is 0 Å². The number of rotatable bonds is 0. The van der Waals surface area contributed by atoms with E-state index in [1.165, 1.54) is 0 Å². The lowest BCUT2D eigenvalue weighted by Gasteiger charge is -2.09. The first-order chi connectivity index (χ1) is 3.63. The Hall–Kier alpha value is -0.370. The van der Waals surface area contributed by atoms with Crippen LogP contribution in [0.1, 0.15) is 13.8 Å². The molecule has 0 aromatic rings. The summed E-state index contributed by atoms with van der Waals surface area (Å²) in [5.41, 5.74) is -0.318. The highest BCUT2D eigenvalue weighted by molar-refractivity contribution is 6.30. The molecule has 0 bridgehead atoms. The molecule has 3 heteroatoms. The molecule has 0 unspecified atom stereocenters. The number of azo groups is 1. The Morgan fingerprint density at radius 2 is 2.25 bits per heavy atom. The van der Waals surface area contributed by atoms with Gasteiger partial charge in [-0.1, -0.05) is 11.6 Å². The molecule has 0 saturated heterocycles. The molecular weight excluding hydrogens is 124 g/mol. The van der Waals surface area contributed by atoms with Crippen LogP contribution in [-0.2, 0) is 0 Å². The predicted octanol–water partition coefficient (Wildman–Crippen LogP) is 2.11. The van der Waals surface area contributed by atoms with Crippen molar-refractivity contribution in [3.8, 4) is 0 Å². The molecule has 0 saturated carbocycles. The smallest absolute Gasteiger partial charge is 0.131 e. The summed E-state index contributed by atoms with van der Waals surface area (Å²) in [5, 5.41) is 7.90. The summed E-state index contributed by atoms with van der Waals surface area (Å²) in [4.78, 5) is 0. The molecule has 0 fully saturated rings. The van der Waals surface area contributed by atoms with Crippen molar-refractivity contribution in [3.63, 3.8) is 0 Å². The van der Waals surface area contributed by atoms with Gasteiger partial charge in [-0.2, -0.15) is 10.2 Å². The minimum atomic E-state index is -0.318.